The van der Waals surface area contributed by atoms with Gasteiger partial charge in [-0.1, -0.05) is 30.3 Å². The Morgan fingerprint density at radius 1 is 1.29 bits per heavy atom. The van der Waals surface area contributed by atoms with Crippen LogP contribution in [0.25, 0.3) is 0 Å². The normalized spacial score (nSPS) is 25.6. The van der Waals surface area contributed by atoms with Crippen LogP contribution < -0.4 is 5.32 Å². The third-order valence-electron chi connectivity index (χ3n) is 4.98. The first kappa shape index (κ1) is 12.6. The first-order valence-corrected chi connectivity index (χ1v) is 7.55. The van der Waals surface area contributed by atoms with Crippen molar-refractivity contribution in [2.75, 3.05) is 0 Å². The summed E-state index contributed by atoms with van der Waals surface area (Å²) in [5, 5.41) is 3.06. The monoisotopic (exact) mass is 278 g/mol. The van der Waals surface area contributed by atoms with Crippen LogP contribution in [0, 0.1) is 5.92 Å². The van der Waals surface area contributed by atoms with E-state index in [2.05, 4.69) is 34.6 Å². The molecule has 2 aliphatic carbocycles. The van der Waals surface area contributed by atoms with Crippen LogP contribution in [0.2, 0.25) is 0 Å². The first-order valence-electron chi connectivity index (χ1n) is 7.55. The number of hydrogen-bond acceptors (Lipinski definition) is 2. The zero-order valence-corrected chi connectivity index (χ0v) is 11.9. The molecule has 2 aliphatic rings. The maximum atomic E-state index is 12.4. The van der Waals surface area contributed by atoms with Gasteiger partial charge >= 0.3 is 0 Å². The average molecular weight is 278 g/mol. The summed E-state index contributed by atoms with van der Waals surface area (Å²) < 4.78 is 0. The number of carbonyl (C=O) groups excluding carboxylic acids is 1. The van der Waals surface area contributed by atoms with Gasteiger partial charge < -0.3 is 5.32 Å². The van der Waals surface area contributed by atoms with E-state index < -0.39 is 0 Å². The predicted molar refractivity (Wildman–Crippen MR) is 80.6 cm³/mol. The van der Waals surface area contributed by atoms with E-state index in [1.807, 2.05) is 12.1 Å². The summed E-state index contributed by atoms with van der Waals surface area (Å²) >= 11 is 0. The number of hydrogen-bond donors (Lipinski definition) is 1. The van der Waals surface area contributed by atoms with Crippen LogP contribution in [0.15, 0.2) is 48.8 Å². The smallest absolute Gasteiger partial charge is 0.224 e. The summed E-state index contributed by atoms with van der Waals surface area (Å²) in [6.07, 6.45) is 6.78. The summed E-state index contributed by atoms with van der Waals surface area (Å²) in [6, 6.07) is 12.5. The highest BCUT2D eigenvalue weighted by atomic mass is 16.2. The van der Waals surface area contributed by atoms with Crippen molar-refractivity contribution in [3.8, 4) is 0 Å². The zero-order chi connectivity index (χ0) is 14.3. The molecule has 3 heteroatoms. The minimum absolute atomic E-state index is 0.135. The fourth-order valence-electron chi connectivity index (χ4n) is 3.75. The van der Waals surface area contributed by atoms with Crippen molar-refractivity contribution < 1.29 is 4.79 Å². The Balaban J connectivity index is 1.44. The highest BCUT2D eigenvalue weighted by molar-refractivity contribution is 5.85. The molecule has 2 aromatic rings. The van der Waals surface area contributed by atoms with Crippen molar-refractivity contribution in [1.82, 2.24) is 10.3 Å². The molecule has 0 bridgehead atoms. The standard InChI is InChI=1S/C18H18N2O/c21-17(20-12-13-4-3-9-19-11-13)16-10-18(16)8-7-14-5-1-2-6-15(14)18/h1-6,9,11,16H,7-8,10,12H2,(H,20,21). The molecule has 0 radical (unpaired) electrons. The fraction of sp³-hybridized carbons (Fsp3) is 0.333. The van der Waals surface area contributed by atoms with E-state index in [0.29, 0.717) is 6.54 Å². The van der Waals surface area contributed by atoms with Crippen LogP contribution in [0.1, 0.15) is 29.5 Å². The van der Waals surface area contributed by atoms with Gasteiger partial charge in [-0.25, -0.2) is 0 Å². The van der Waals surface area contributed by atoms with E-state index in [0.717, 1.165) is 24.8 Å². The highest BCUT2D eigenvalue weighted by Crippen LogP contribution is 2.61. The molecule has 2 unspecified atom stereocenters. The molecule has 1 saturated carbocycles. The van der Waals surface area contributed by atoms with E-state index >= 15 is 0 Å². The molecule has 1 fully saturated rings. The minimum atomic E-state index is 0.135. The number of aromatic nitrogens is 1. The van der Waals surface area contributed by atoms with Crippen LogP contribution in [0.5, 0.6) is 0 Å². The van der Waals surface area contributed by atoms with E-state index in [9.17, 15) is 4.79 Å². The van der Waals surface area contributed by atoms with Gasteiger partial charge in [0.2, 0.25) is 5.91 Å². The number of amides is 1. The number of aryl methyl sites for hydroxylation is 1. The van der Waals surface area contributed by atoms with E-state index in [4.69, 9.17) is 0 Å². The Kier molecular flexibility index (Phi) is 2.81. The van der Waals surface area contributed by atoms with Gasteiger partial charge in [-0.15, -0.1) is 0 Å². The molecule has 1 spiro atoms. The van der Waals surface area contributed by atoms with Crippen molar-refractivity contribution in [1.29, 1.82) is 0 Å². The number of carbonyl (C=O) groups is 1. The highest BCUT2D eigenvalue weighted by Gasteiger charge is 2.61. The van der Waals surface area contributed by atoms with Crippen LogP contribution >= 0.6 is 0 Å². The maximum Gasteiger partial charge on any atom is 0.224 e. The number of rotatable bonds is 3. The van der Waals surface area contributed by atoms with Gasteiger partial charge in [0.1, 0.15) is 0 Å². The fourth-order valence-corrected chi connectivity index (χ4v) is 3.75. The molecule has 106 valence electrons. The number of nitrogens with zero attached hydrogens (tertiary/aromatic N) is 1. The topological polar surface area (TPSA) is 42.0 Å². The molecule has 1 heterocycles. The van der Waals surface area contributed by atoms with E-state index in [1.54, 1.807) is 12.4 Å². The molecule has 21 heavy (non-hydrogen) atoms. The van der Waals surface area contributed by atoms with Crippen LogP contribution in [-0.4, -0.2) is 10.9 Å². The van der Waals surface area contributed by atoms with E-state index in [-0.39, 0.29) is 17.2 Å². The molecule has 1 aromatic carbocycles. The Bertz CT molecular complexity index is 683. The summed E-state index contributed by atoms with van der Waals surface area (Å²) in [5.74, 6) is 0.341. The van der Waals surface area contributed by atoms with Crippen LogP contribution in [-0.2, 0) is 23.2 Å². The molecule has 3 nitrogen and oxygen atoms in total. The number of pyridine rings is 1. The third-order valence-corrected chi connectivity index (χ3v) is 4.98. The minimum Gasteiger partial charge on any atom is -0.352 e. The van der Waals surface area contributed by atoms with Gasteiger partial charge in [0.05, 0.1) is 0 Å². The van der Waals surface area contributed by atoms with E-state index in [1.165, 1.54) is 11.1 Å². The second kappa shape index (κ2) is 4.69. The Morgan fingerprint density at radius 3 is 3.05 bits per heavy atom. The van der Waals surface area contributed by atoms with Gasteiger partial charge in [0.15, 0.2) is 0 Å². The molecular weight excluding hydrogens is 260 g/mol. The van der Waals surface area contributed by atoms with Crippen molar-refractivity contribution in [3.63, 3.8) is 0 Å². The maximum absolute atomic E-state index is 12.4. The van der Waals surface area contributed by atoms with Gasteiger partial charge in [-0.3, -0.25) is 9.78 Å². The second-order valence-electron chi connectivity index (χ2n) is 6.15. The van der Waals surface area contributed by atoms with Gasteiger partial charge in [-0.2, -0.15) is 0 Å². The molecule has 2 atom stereocenters. The van der Waals surface area contributed by atoms with Crippen LogP contribution in [0.3, 0.4) is 0 Å². The predicted octanol–water partition coefficient (Wildman–Crippen LogP) is 2.60. The molecule has 1 aromatic heterocycles. The summed E-state index contributed by atoms with van der Waals surface area (Å²) in [4.78, 5) is 16.5. The zero-order valence-electron chi connectivity index (χ0n) is 11.9. The molecule has 0 saturated heterocycles. The summed E-state index contributed by atoms with van der Waals surface area (Å²) in [6.45, 7) is 0.570. The first-order chi connectivity index (χ1) is 10.3. The summed E-state index contributed by atoms with van der Waals surface area (Å²) in [7, 11) is 0. The number of benzene rings is 1. The SMILES string of the molecule is O=C(NCc1cccnc1)C1CC12CCc1ccccc12. The molecule has 1 amide bonds. The number of nitrogens with one attached hydrogen (secondary N) is 1. The number of fused-ring (bicyclic) bond motifs is 2. The molecule has 0 aliphatic heterocycles. The lowest BCUT2D eigenvalue weighted by atomic mass is 9.95. The third kappa shape index (κ3) is 2.04. The van der Waals surface area contributed by atoms with Crippen molar-refractivity contribution >= 4 is 5.91 Å². The van der Waals surface area contributed by atoms with Gasteiger partial charge in [-0.05, 0) is 42.0 Å². The second-order valence-corrected chi connectivity index (χ2v) is 6.15. The molecular formula is C18H18N2O. The Labute approximate surface area is 124 Å². The largest absolute Gasteiger partial charge is 0.352 e. The molecule has 4 rings (SSSR count). The lowest BCUT2D eigenvalue weighted by molar-refractivity contribution is -0.122. The Morgan fingerprint density at radius 2 is 2.19 bits per heavy atom. The van der Waals surface area contributed by atoms with Crippen molar-refractivity contribution in [3.05, 3.63) is 65.5 Å². The summed E-state index contributed by atoms with van der Waals surface area (Å²) in [5.41, 5.74) is 4.02. The quantitative estimate of drug-likeness (QED) is 0.937. The van der Waals surface area contributed by atoms with Gasteiger partial charge in [0, 0.05) is 30.3 Å². The lowest BCUT2D eigenvalue weighted by Crippen LogP contribution is -2.27. The van der Waals surface area contributed by atoms with Crippen molar-refractivity contribution in [2.45, 2.75) is 31.2 Å². The van der Waals surface area contributed by atoms with Crippen LogP contribution in [0.4, 0.5) is 0 Å². The van der Waals surface area contributed by atoms with Gasteiger partial charge in [0.25, 0.3) is 0 Å². The average Bonchev–Trinajstić information content (AvgIpc) is 3.16. The Hall–Kier alpha value is -2.16. The molecule has 1 N–H and O–H groups in total. The lowest BCUT2D eigenvalue weighted by Gasteiger charge is -2.11. The van der Waals surface area contributed by atoms with Crippen molar-refractivity contribution in [2.24, 2.45) is 5.92 Å².